The Bertz CT molecular complexity index is 2900. The zero-order valence-electron chi connectivity index (χ0n) is 58.7. The number of hydrogen-bond donors (Lipinski definition) is 6. The summed E-state index contributed by atoms with van der Waals surface area (Å²) in [6.07, 6.45) is 6.61. The van der Waals surface area contributed by atoms with Gasteiger partial charge in [-0.25, -0.2) is 5.26 Å². The molecule has 6 atom stereocenters. The number of thiocyanates is 1. The number of aliphatic imine (C=N–C) groups is 1. The van der Waals surface area contributed by atoms with E-state index < -0.39 is 41.5 Å². The van der Waals surface area contributed by atoms with Gasteiger partial charge in [-0.15, -0.1) is 0 Å². The van der Waals surface area contributed by atoms with Crippen LogP contribution in [-0.4, -0.2) is 134 Å². The Labute approximate surface area is 770 Å². The van der Waals surface area contributed by atoms with E-state index >= 15 is 0 Å². The molecule has 10 radical (unpaired) electrons. The molecule has 0 aromatic heterocycles. The van der Waals surface area contributed by atoms with Crippen molar-refractivity contribution in [2.24, 2.45) is 22.2 Å². The van der Waals surface area contributed by atoms with Crippen molar-refractivity contribution in [3.05, 3.63) is 173 Å². The molecule has 1 saturated heterocycles. The average Bonchev–Trinajstić information content (AvgIpc) is 1.49. The summed E-state index contributed by atoms with van der Waals surface area (Å²) in [5, 5.41) is 31.3. The molecule has 23 nitrogen and oxygen atoms in total. The van der Waals surface area contributed by atoms with Crippen LogP contribution in [0.5, 0.6) is 0 Å². The van der Waals surface area contributed by atoms with Crippen molar-refractivity contribution in [1.29, 1.82) is 5.26 Å². The number of nitrogens with zero attached hydrogens (tertiary/aromatic N) is 4. The number of aliphatic hydroxyl groups excluding tert-OH is 1. The molecule has 0 bridgehead atoms. The number of aliphatic hydroxyl groups is 1. The number of nitrogens with two attached hydrogens (primary N) is 3. The maximum Gasteiger partial charge on any atom is 1.00 e. The Morgan fingerprint density at radius 1 is 0.683 bits per heavy atom. The molecule has 101 heavy (non-hydrogen) atoms. The molecule has 43 heteroatoms. The van der Waals surface area contributed by atoms with Gasteiger partial charge in [0, 0.05) is 272 Å². The Morgan fingerprint density at radius 2 is 1.00 bits per heavy atom. The third kappa shape index (κ3) is 48.1. The maximum absolute atomic E-state index is 13.3. The van der Waals surface area contributed by atoms with Crippen LogP contribution in [0.3, 0.4) is 0 Å². The summed E-state index contributed by atoms with van der Waals surface area (Å²) < 4.78 is 85.5. The molecular formula is C58H95Cl2N8NaO15P4S3V10-4. The predicted molar refractivity (Wildman–Crippen MR) is 377 cm³/mol. The molecule has 0 spiro atoms. The molecule has 5 aliphatic rings. The first kappa shape index (κ1) is 139. The molecule has 2 heterocycles. The Kier molecular flexibility index (Phi) is 106. The monoisotopic (exact) mass is 1970 g/mol. The quantitative estimate of drug-likeness (QED) is 0.00584. The van der Waals surface area contributed by atoms with Crippen LogP contribution >= 0.6 is 89.6 Å². The molecule has 4 aromatic carbocycles. The normalized spacial score (nSPS) is 17.6. The van der Waals surface area contributed by atoms with E-state index in [1.807, 2.05) is 131 Å². The summed E-state index contributed by atoms with van der Waals surface area (Å²) in [6, 6.07) is 39.4. The molecule has 4 aromatic rings. The number of thiocarbonyl (C=S) groups is 2. The van der Waals surface area contributed by atoms with Gasteiger partial charge in [-0.1, -0.05) is 164 Å². The van der Waals surface area contributed by atoms with Gasteiger partial charge in [0.1, 0.15) is 5.40 Å². The summed E-state index contributed by atoms with van der Waals surface area (Å²) >= 11 is 20.0. The van der Waals surface area contributed by atoms with Crippen LogP contribution in [0.25, 0.3) is 0 Å². The van der Waals surface area contributed by atoms with E-state index in [0.29, 0.717) is 36.0 Å². The molecule has 0 amide bonds. The number of thioether (sulfide) groups is 1. The van der Waals surface area contributed by atoms with Crippen LogP contribution in [0.15, 0.2) is 126 Å². The van der Waals surface area contributed by atoms with Gasteiger partial charge in [0.05, 0.1) is 29.2 Å². The Balaban J connectivity index is -0.0000000615. The van der Waals surface area contributed by atoms with Gasteiger partial charge in [-0.2, -0.15) is 5.26 Å². The second-order valence-corrected chi connectivity index (χ2v) is 31.0. The number of benzene rings is 4. The maximum atomic E-state index is 13.3. The van der Waals surface area contributed by atoms with E-state index in [-0.39, 0.29) is 294 Å². The molecule has 3 aliphatic carbocycles. The van der Waals surface area contributed by atoms with Crippen LogP contribution in [0.4, 0.5) is 0 Å². The minimum absolute atomic E-state index is 0. The summed E-state index contributed by atoms with van der Waals surface area (Å²) in [7, 11) is -2.83. The third-order valence-corrected chi connectivity index (χ3v) is 24.5. The van der Waals surface area contributed by atoms with Gasteiger partial charge in [0.2, 0.25) is 0 Å². The van der Waals surface area contributed by atoms with Crippen molar-refractivity contribution < 1.29 is 287 Å². The molecule has 6 unspecified atom stereocenters. The topological polar surface area (TPSA) is 332 Å². The minimum Gasteiger partial charge on any atom is -1.00 e. The number of carbonyl (C=O) groups excluding carboxylic acids is 1. The van der Waals surface area contributed by atoms with Crippen molar-refractivity contribution >= 4 is 111 Å². The molecular weight excluding hydrogens is 1870 g/mol. The molecule has 9 N–H and O–H groups in total. The number of rotatable bonds is 19. The second-order valence-electron chi connectivity index (χ2n) is 18.0. The van der Waals surface area contributed by atoms with Gasteiger partial charge in [0.25, 0.3) is 0 Å². The molecule has 2 aliphatic heterocycles. The number of guanidine groups is 1. The number of nitrogens with one attached hydrogen (secondary N) is 1. The predicted octanol–water partition coefficient (Wildman–Crippen LogP) is 11.4. The van der Waals surface area contributed by atoms with Crippen molar-refractivity contribution in [2.45, 2.75) is 86.7 Å². The van der Waals surface area contributed by atoms with E-state index in [0.717, 1.165) is 66.8 Å². The zero-order chi connectivity index (χ0) is 63.6. The SMILES string of the molecule is C.CO.COP(=O)(OC)C(CN)c1ccccc1.COP(=O)(OC)C(CSC#N)c1ccccc1.COP1(=O)C(c2ccccc2)CN=C(N)N1C1CC1.COP1(=O)C(c2ccccc2)CNC(=S)N1C1CC1.NC1CC1.O=COOO.S=C(Cl)Cl.[CH3-].[CH3-].[CH3-].[CH3-].[H-].[Na+].[V].[V].[V].[V].[V].[V].[V].[V].[V].[V]. The van der Waals surface area contributed by atoms with E-state index in [1.165, 1.54) is 55.5 Å². The van der Waals surface area contributed by atoms with Crippen molar-refractivity contribution in [2.75, 3.05) is 75.2 Å². The van der Waals surface area contributed by atoms with Crippen LogP contribution in [0.2, 0.25) is 0 Å². The van der Waals surface area contributed by atoms with E-state index in [4.69, 9.17) is 100 Å². The van der Waals surface area contributed by atoms with Gasteiger partial charge >= 0.3 is 66.3 Å². The molecule has 3 saturated carbocycles. The van der Waals surface area contributed by atoms with E-state index in [9.17, 15) is 18.3 Å². The number of hydrogen-bond acceptors (Lipinski definition) is 23. The van der Waals surface area contributed by atoms with Crippen LogP contribution in [0, 0.1) is 40.4 Å². The third-order valence-electron chi connectivity index (χ3n) is 12.8. The molecule has 564 valence electrons. The molecule has 4 fully saturated rings. The number of carbonyl (C=O) groups is 1. The Morgan fingerprint density at radius 3 is 1.29 bits per heavy atom. The largest absolute Gasteiger partial charge is 1.00 e. The summed E-state index contributed by atoms with van der Waals surface area (Å²) in [4.78, 5) is 16.4. The van der Waals surface area contributed by atoms with Crippen molar-refractivity contribution in [3.63, 3.8) is 0 Å². The van der Waals surface area contributed by atoms with E-state index in [1.54, 1.807) is 4.67 Å². The summed E-state index contributed by atoms with van der Waals surface area (Å²) in [6.45, 7) is 1.17. The minimum atomic E-state index is -3.21. The summed E-state index contributed by atoms with van der Waals surface area (Å²) in [5.74, 6) is 0.735. The number of nitriles is 1. The van der Waals surface area contributed by atoms with Crippen LogP contribution in [0.1, 0.15) is 92.3 Å². The van der Waals surface area contributed by atoms with Crippen LogP contribution < -0.4 is 52.1 Å². The first-order valence-electron chi connectivity index (χ1n) is 26.0. The molecule has 9 rings (SSSR count). The van der Waals surface area contributed by atoms with Crippen molar-refractivity contribution in [3.8, 4) is 5.40 Å². The smallest absolute Gasteiger partial charge is 1.00 e. The average molecular weight is 1970 g/mol. The fraction of sp³-hybridized carbons (Fsp3) is 0.431. The van der Waals surface area contributed by atoms with Crippen LogP contribution in [-0.2, 0) is 246 Å². The second kappa shape index (κ2) is 77.1. The fourth-order valence-corrected chi connectivity index (χ4v) is 18.0. The standard InChI is InChI=1S/C13H18N3O2P.C13H17N2O2PS.C11H14NO3PS.C10H16NO3P.C3H7N.CCl2S.CH2O4.CH4O.CH4.4CH3.Na.10V.H/c1-18-19(17)12(10-5-3-2-4-6-10)9-15-13(14)16(19)11-7-8-11;1-17-18(16)12(10-5-3-2-4-6-10)9-14-13(19)15(18)11-7-8-11;1-14-16(13,15-2)11(8-17-9-12)10-6-4-3-5-7-10;1-13-15(12,14-2)10(8-11)9-6-4-3-5-7-9;4-3-1-2-3;2-1(3)4;2-1-4-5-3;1-2;;;;;;;;;;;;;;;;;/h2-6,11-12H,7-9H2,1H3,(H2,14,15);2-6,11-12H,7-9H2,1H3,(H,14,19);3-7,11H,8H2,1-2H3;3-7,10H,8,11H2,1-2H3;3H,1-2,4H2;;1,3H;2H,1H3;1H4;4*1H3;;;;;;;;;;;;/q;;;;;;;;;4*-1;+1;;;;;;;;;;;-1. The first-order chi connectivity index (χ1) is 40.7. The van der Waals surface area contributed by atoms with Crippen molar-refractivity contribution in [1.82, 2.24) is 14.7 Å². The van der Waals surface area contributed by atoms with Gasteiger partial charge in [-0.05, 0) is 89.8 Å². The fourth-order valence-electron chi connectivity index (χ4n) is 8.19. The van der Waals surface area contributed by atoms with E-state index in [2.05, 4.69) is 32.5 Å². The zero-order valence-corrected chi connectivity index (χ0v) is 81.2. The van der Waals surface area contributed by atoms with Gasteiger partial charge < -0.3 is 85.9 Å². The van der Waals surface area contributed by atoms with Gasteiger partial charge in [0.15, 0.2) is 14.9 Å². The first-order valence-corrected chi connectivity index (χ1v) is 35.1. The Hall–Kier alpha value is 3.14. The number of halogens is 2. The van der Waals surface area contributed by atoms with Gasteiger partial charge in [-0.3, -0.25) is 42.3 Å². The summed E-state index contributed by atoms with van der Waals surface area (Å²) in [5.41, 5.74) is 19.3.